The van der Waals surface area contributed by atoms with Crippen molar-refractivity contribution >= 4 is 7.60 Å². The lowest BCUT2D eigenvalue weighted by atomic mass is 10.4. The van der Waals surface area contributed by atoms with E-state index in [9.17, 15) is 4.57 Å². The molecule has 0 aliphatic carbocycles. The van der Waals surface area contributed by atoms with E-state index in [1.807, 2.05) is 6.92 Å². The summed E-state index contributed by atoms with van der Waals surface area (Å²) in [5, 5.41) is 0. The highest BCUT2D eigenvalue weighted by Gasteiger charge is 2.22. The van der Waals surface area contributed by atoms with E-state index in [4.69, 9.17) is 21.9 Å². The molecule has 0 aromatic carbocycles. The lowest BCUT2D eigenvalue weighted by molar-refractivity contribution is 0.242. The summed E-state index contributed by atoms with van der Waals surface area (Å²) < 4.78 is 21.8. The van der Waals surface area contributed by atoms with Gasteiger partial charge in [-0.1, -0.05) is 25.2 Å². The predicted octanol–water partition coefficient (Wildman–Crippen LogP) is 2.28. The average Bonchev–Trinajstić information content (AvgIpc) is 2.21. The fourth-order valence-electron chi connectivity index (χ4n) is 0.789. The van der Waals surface area contributed by atoms with Gasteiger partial charge in [0.05, 0.1) is 6.16 Å². The van der Waals surface area contributed by atoms with Crippen molar-refractivity contribution in [2.24, 2.45) is 0 Å². The molecule has 0 N–H and O–H groups in total. The monoisotopic (exact) mass is 214 g/mol. The van der Waals surface area contributed by atoms with E-state index in [1.54, 1.807) is 0 Å². The van der Waals surface area contributed by atoms with Crippen LogP contribution in [0.25, 0.3) is 0 Å². The van der Waals surface area contributed by atoms with Crippen molar-refractivity contribution in [3.63, 3.8) is 0 Å². The molecular formula is C10H15O3P. The fourth-order valence-corrected chi connectivity index (χ4v) is 2.37. The molecule has 14 heavy (non-hydrogen) atoms. The summed E-state index contributed by atoms with van der Waals surface area (Å²) in [6.45, 7) is 1.98. The lowest BCUT2D eigenvalue weighted by Gasteiger charge is -2.15. The SMILES string of the molecule is C#CCOP(=O)(CCCC)OCC#C. The van der Waals surface area contributed by atoms with Crippen molar-refractivity contribution in [1.29, 1.82) is 0 Å². The molecule has 0 spiro atoms. The molecule has 3 nitrogen and oxygen atoms in total. The van der Waals surface area contributed by atoms with E-state index in [0.717, 1.165) is 12.8 Å². The van der Waals surface area contributed by atoms with E-state index < -0.39 is 7.60 Å². The Labute approximate surface area is 85.7 Å². The first kappa shape index (κ1) is 13.3. The molecule has 0 aromatic heterocycles. The molecule has 0 amide bonds. The van der Waals surface area contributed by atoms with E-state index in [-0.39, 0.29) is 13.2 Å². The van der Waals surface area contributed by atoms with E-state index in [0.29, 0.717) is 6.16 Å². The molecule has 0 saturated carbocycles. The predicted molar refractivity (Wildman–Crippen MR) is 57.0 cm³/mol. The van der Waals surface area contributed by atoms with Crippen LogP contribution in [-0.2, 0) is 13.6 Å². The fraction of sp³-hybridized carbons (Fsp3) is 0.600. The third-order valence-corrected chi connectivity index (χ3v) is 3.38. The Hall–Kier alpha value is -0.730. The van der Waals surface area contributed by atoms with Crippen molar-refractivity contribution in [2.45, 2.75) is 19.8 Å². The van der Waals surface area contributed by atoms with Crippen LogP contribution in [0.1, 0.15) is 19.8 Å². The van der Waals surface area contributed by atoms with Gasteiger partial charge in [0, 0.05) is 0 Å². The summed E-state index contributed by atoms with van der Waals surface area (Å²) in [6.07, 6.45) is 12.1. The molecule has 0 atom stereocenters. The molecule has 0 rings (SSSR count). The number of unbranched alkanes of at least 4 members (excludes halogenated alkanes) is 1. The van der Waals surface area contributed by atoms with Crippen molar-refractivity contribution < 1.29 is 13.6 Å². The maximum atomic E-state index is 11.9. The van der Waals surface area contributed by atoms with Crippen LogP contribution in [0, 0.1) is 24.7 Å². The van der Waals surface area contributed by atoms with Gasteiger partial charge in [0.25, 0.3) is 0 Å². The van der Waals surface area contributed by atoms with E-state index >= 15 is 0 Å². The zero-order valence-corrected chi connectivity index (χ0v) is 9.26. The van der Waals surface area contributed by atoms with E-state index in [1.165, 1.54) is 0 Å². The second-order valence-corrected chi connectivity index (χ2v) is 4.83. The van der Waals surface area contributed by atoms with Gasteiger partial charge in [-0.15, -0.1) is 12.8 Å². The zero-order chi connectivity index (χ0) is 10.9. The molecule has 0 radical (unpaired) electrons. The summed E-state index contributed by atoms with van der Waals surface area (Å²) in [4.78, 5) is 0. The Bertz CT molecular complexity index is 250. The molecule has 0 aliphatic rings. The second kappa shape index (κ2) is 7.65. The van der Waals surface area contributed by atoms with Gasteiger partial charge in [-0.2, -0.15) is 0 Å². The molecule has 0 aromatic rings. The summed E-state index contributed by atoms with van der Waals surface area (Å²) >= 11 is 0. The summed E-state index contributed by atoms with van der Waals surface area (Å²) in [5.41, 5.74) is 0. The third-order valence-electron chi connectivity index (χ3n) is 1.47. The maximum Gasteiger partial charge on any atom is 0.332 e. The standard InChI is InChI=1S/C10H15O3P/c1-4-7-10-14(11,12-8-5-2)13-9-6-3/h2-3H,4,7-10H2,1H3. The topological polar surface area (TPSA) is 35.5 Å². The third kappa shape index (κ3) is 5.84. The van der Waals surface area contributed by atoms with Crippen LogP contribution in [0.4, 0.5) is 0 Å². The number of hydrogen-bond acceptors (Lipinski definition) is 3. The van der Waals surface area contributed by atoms with Gasteiger partial charge >= 0.3 is 7.60 Å². The normalized spacial score (nSPS) is 10.5. The minimum atomic E-state index is -3.05. The van der Waals surface area contributed by atoms with Gasteiger partial charge in [0.15, 0.2) is 0 Å². The summed E-state index contributed by atoms with van der Waals surface area (Å²) in [7, 11) is -3.05. The molecule has 0 fully saturated rings. The van der Waals surface area contributed by atoms with Gasteiger partial charge in [-0.3, -0.25) is 13.6 Å². The Morgan fingerprint density at radius 1 is 1.21 bits per heavy atom. The van der Waals surface area contributed by atoms with Crippen LogP contribution >= 0.6 is 7.60 Å². The van der Waals surface area contributed by atoms with Crippen molar-refractivity contribution in [3.05, 3.63) is 0 Å². The van der Waals surface area contributed by atoms with Crippen LogP contribution in [0.15, 0.2) is 0 Å². The van der Waals surface area contributed by atoms with Crippen LogP contribution in [0.2, 0.25) is 0 Å². The molecule has 0 heterocycles. The highest BCUT2D eigenvalue weighted by atomic mass is 31.2. The van der Waals surface area contributed by atoms with Crippen LogP contribution in [0.5, 0.6) is 0 Å². The summed E-state index contributed by atoms with van der Waals surface area (Å²) in [6, 6.07) is 0. The highest BCUT2D eigenvalue weighted by molar-refractivity contribution is 7.53. The first-order valence-electron chi connectivity index (χ1n) is 4.43. The van der Waals surface area contributed by atoms with Crippen LogP contribution in [0.3, 0.4) is 0 Å². The van der Waals surface area contributed by atoms with Gasteiger partial charge < -0.3 is 0 Å². The molecule has 78 valence electrons. The molecule has 0 unspecified atom stereocenters. The minimum Gasteiger partial charge on any atom is -0.295 e. The molecule has 0 aliphatic heterocycles. The Morgan fingerprint density at radius 2 is 1.71 bits per heavy atom. The van der Waals surface area contributed by atoms with Crippen molar-refractivity contribution in [1.82, 2.24) is 0 Å². The number of rotatable bonds is 7. The van der Waals surface area contributed by atoms with Crippen molar-refractivity contribution in [3.8, 4) is 24.7 Å². The van der Waals surface area contributed by atoms with Crippen LogP contribution in [-0.4, -0.2) is 19.4 Å². The smallest absolute Gasteiger partial charge is 0.295 e. The zero-order valence-electron chi connectivity index (χ0n) is 8.36. The van der Waals surface area contributed by atoms with Gasteiger partial charge in [0.2, 0.25) is 0 Å². The van der Waals surface area contributed by atoms with Crippen LogP contribution < -0.4 is 0 Å². The molecule has 0 bridgehead atoms. The molecular weight excluding hydrogens is 199 g/mol. The highest BCUT2D eigenvalue weighted by Crippen LogP contribution is 2.48. The second-order valence-electron chi connectivity index (χ2n) is 2.64. The lowest BCUT2D eigenvalue weighted by Crippen LogP contribution is -2.01. The first-order chi connectivity index (χ1) is 6.68. The maximum absolute atomic E-state index is 11.9. The quantitative estimate of drug-likeness (QED) is 0.481. The molecule has 0 saturated heterocycles. The Kier molecular flexibility index (Phi) is 7.25. The first-order valence-corrected chi connectivity index (χ1v) is 6.16. The van der Waals surface area contributed by atoms with Crippen molar-refractivity contribution in [2.75, 3.05) is 19.4 Å². The largest absolute Gasteiger partial charge is 0.332 e. The van der Waals surface area contributed by atoms with E-state index in [2.05, 4.69) is 11.8 Å². The van der Waals surface area contributed by atoms with Gasteiger partial charge in [-0.25, -0.2) is 0 Å². The number of hydrogen-bond donors (Lipinski definition) is 0. The minimum absolute atomic E-state index is 0.00837. The Balaban J connectivity index is 4.13. The van der Waals surface area contributed by atoms with Gasteiger partial charge in [-0.05, 0) is 6.42 Å². The van der Waals surface area contributed by atoms with Gasteiger partial charge in [0.1, 0.15) is 13.2 Å². The number of terminal acetylenes is 2. The Morgan fingerprint density at radius 3 is 2.07 bits per heavy atom. The average molecular weight is 214 g/mol. The summed E-state index contributed by atoms with van der Waals surface area (Å²) in [5.74, 6) is 4.50. The molecule has 4 heteroatoms.